The summed E-state index contributed by atoms with van der Waals surface area (Å²) in [5.41, 5.74) is 2.44. The van der Waals surface area contributed by atoms with Crippen molar-refractivity contribution in [1.29, 1.82) is 0 Å². The number of nitrogens with zero attached hydrogens (tertiary/aromatic N) is 2. The molecule has 2 aromatic rings. The van der Waals surface area contributed by atoms with E-state index in [2.05, 4.69) is 0 Å². The number of carbonyl (C=O) groups excluding carboxylic acids is 1. The Morgan fingerprint density at radius 2 is 1.96 bits per heavy atom. The summed E-state index contributed by atoms with van der Waals surface area (Å²) in [7, 11) is 0. The Kier molecular flexibility index (Phi) is 4.60. The highest BCUT2D eigenvalue weighted by atomic mass is 16.4. The Morgan fingerprint density at radius 3 is 2.71 bits per heavy atom. The van der Waals surface area contributed by atoms with E-state index in [1.165, 1.54) is 0 Å². The van der Waals surface area contributed by atoms with Crippen LogP contribution in [0.5, 0.6) is 0 Å². The van der Waals surface area contributed by atoms with Gasteiger partial charge in [0.1, 0.15) is 0 Å². The Bertz CT molecular complexity index is 773. The van der Waals surface area contributed by atoms with Crippen LogP contribution in [0.25, 0.3) is 11.3 Å². The molecule has 0 aliphatic carbocycles. The number of pyridine rings is 1. The van der Waals surface area contributed by atoms with Crippen LogP contribution < -0.4 is 0 Å². The van der Waals surface area contributed by atoms with Gasteiger partial charge in [0.25, 0.3) is 0 Å². The van der Waals surface area contributed by atoms with Gasteiger partial charge < -0.3 is 10.0 Å². The molecule has 0 unspecified atom stereocenters. The second-order valence-electron chi connectivity index (χ2n) is 6.10. The molecule has 2 heterocycles. The van der Waals surface area contributed by atoms with Crippen LogP contribution in [-0.2, 0) is 4.79 Å². The average Bonchev–Trinajstić information content (AvgIpc) is 2.62. The van der Waals surface area contributed by atoms with Crippen molar-refractivity contribution < 1.29 is 14.7 Å². The fourth-order valence-corrected chi connectivity index (χ4v) is 3.23. The summed E-state index contributed by atoms with van der Waals surface area (Å²) in [6.07, 6.45) is 1.95. The Morgan fingerprint density at radius 1 is 1.17 bits per heavy atom. The molecule has 5 heteroatoms. The van der Waals surface area contributed by atoms with E-state index in [9.17, 15) is 14.7 Å². The predicted octanol–water partition coefficient (Wildman–Crippen LogP) is 3.17. The molecule has 124 valence electrons. The second-order valence-corrected chi connectivity index (χ2v) is 6.10. The van der Waals surface area contributed by atoms with Gasteiger partial charge in [-0.3, -0.25) is 9.78 Å². The highest BCUT2D eigenvalue weighted by molar-refractivity contribution is 5.95. The zero-order valence-electron chi connectivity index (χ0n) is 13.6. The Balaban J connectivity index is 1.93. The molecule has 1 saturated heterocycles. The second kappa shape index (κ2) is 6.83. The van der Waals surface area contributed by atoms with Gasteiger partial charge in [0.15, 0.2) is 0 Å². The number of aromatic nitrogens is 1. The SMILES string of the molecule is CC(=O)N1CCC[C@@H](c2cccc(-c3ccccc3C(=O)O)n2)C1. The average molecular weight is 324 g/mol. The predicted molar refractivity (Wildman–Crippen MR) is 90.9 cm³/mol. The van der Waals surface area contributed by atoms with Crippen LogP contribution in [-0.4, -0.2) is 40.0 Å². The van der Waals surface area contributed by atoms with E-state index in [0.717, 1.165) is 25.1 Å². The number of rotatable bonds is 3. The first-order valence-electron chi connectivity index (χ1n) is 8.11. The summed E-state index contributed by atoms with van der Waals surface area (Å²) in [4.78, 5) is 29.6. The molecule has 1 aromatic carbocycles. The van der Waals surface area contributed by atoms with E-state index >= 15 is 0 Å². The minimum Gasteiger partial charge on any atom is -0.478 e. The molecule has 0 spiro atoms. The van der Waals surface area contributed by atoms with Gasteiger partial charge in [-0.25, -0.2) is 4.79 Å². The van der Waals surface area contributed by atoms with Crippen molar-refractivity contribution in [3.05, 3.63) is 53.7 Å². The third-order valence-electron chi connectivity index (χ3n) is 4.49. The molecule has 3 rings (SSSR count). The summed E-state index contributed by atoms with van der Waals surface area (Å²) < 4.78 is 0. The number of likely N-dealkylation sites (tertiary alicyclic amines) is 1. The number of hydrogen-bond donors (Lipinski definition) is 1. The first-order valence-corrected chi connectivity index (χ1v) is 8.11. The Labute approximate surface area is 140 Å². The third kappa shape index (κ3) is 3.30. The lowest BCUT2D eigenvalue weighted by molar-refractivity contribution is -0.130. The first-order chi connectivity index (χ1) is 11.6. The van der Waals surface area contributed by atoms with E-state index in [0.29, 0.717) is 17.8 Å². The summed E-state index contributed by atoms with van der Waals surface area (Å²) in [6.45, 7) is 3.06. The lowest BCUT2D eigenvalue weighted by Gasteiger charge is -2.31. The summed E-state index contributed by atoms with van der Waals surface area (Å²) >= 11 is 0. The highest BCUT2D eigenvalue weighted by Crippen LogP contribution is 2.28. The number of carbonyl (C=O) groups is 2. The Hall–Kier alpha value is -2.69. The number of hydrogen-bond acceptors (Lipinski definition) is 3. The normalized spacial score (nSPS) is 17.5. The maximum absolute atomic E-state index is 11.6. The van der Waals surface area contributed by atoms with E-state index in [1.807, 2.05) is 29.2 Å². The van der Waals surface area contributed by atoms with Crippen LogP contribution in [0.4, 0.5) is 0 Å². The molecular weight excluding hydrogens is 304 g/mol. The van der Waals surface area contributed by atoms with E-state index in [4.69, 9.17) is 4.98 Å². The van der Waals surface area contributed by atoms with Crippen LogP contribution in [0, 0.1) is 0 Å². The lowest BCUT2D eigenvalue weighted by Crippen LogP contribution is -2.37. The summed E-state index contributed by atoms with van der Waals surface area (Å²) in [5, 5.41) is 9.37. The zero-order chi connectivity index (χ0) is 17.1. The fourth-order valence-electron chi connectivity index (χ4n) is 3.23. The van der Waals surface area contributed by atoms with Gasteiger partial charge in [0.2, 0.25) is 5.91 Å². The first kappa shape index (κ1) is 16.2. The van der Waals surface area contributed by atoms with Gasteiger partial charge in [-0.15, -0.1) is 0 Å². The largest absolute Gasteiger partial charge is 0.478 e. The monoisotopic (exact) mass is 324 g/mol. The minimum absolute atomic E-state index is 0.0899. The van der Waals surface area contributed by atoms with Crippen molar-refractivity contribution in [1.82, 2.24) is 9.88 Å². The number of aromatic carboxylic acids is 1. The molecule has 0 saturated carbocycles. The number of carboxylic acid groups (broad SMARTS) is 1. The van der Waals surface area contributed by atoms with Crippen molar-refractivity contribution >= 4 is 11.9 Å². The lowest BCUT2D eigenvalue weighted by atomic mass is 9.93. The van der Waals surface area contributed by atoms with Crippen molar-refractivity contribution in [2.75, 3.05) is 13.1 Å². The molecule has 1 amide bonds. The van der Waals surface area contributed by atoms with Crippen molar-refractivity contribution in [2.24, 2.45) is 0 Å². The standard InChI is InChI=1S/C19H20N2O3/c1-13(22)21-11-5-6-14(12-21)17-9-4-10-18(20-17)15-7-2-3-8-16(15)19(23)24/h2-4,7-10,14H,5-6,11-12H2,1H3,(H,23,24)/t14-/m1/s1. The van der Waals surface area contributed by atoms with Gasteiger partial charge in [0, 0.05) is 37.2 Å². The number of piperidine rings is 1. The molecule has 0 bridgehead atoms. The molecule has 1 N–H and O–H groups in total. The maximum atomic E-state index is 11.6. The molecule has 5 nitrogen and oxygen atoms in total. The van der Waals surface area contributed by atoms with Gasteiger partial charge in [-0.05, 0) is 31.0 Å². The summed E-state index contributed by atoms with van der Waals surface area (Å²) in [6, 6.07) is 12.6. The molecule has 0 radical (unpaired) electrons. The quantitative estimate of drug-likeness (QED) is 0.941. The number of carboxylic acids is 1. The molecule has 1 aliphatic heterocycles. The number of benzene rings is 1. The van der Waals surface area contributed by atoms with E-state index in [1.54, 1.807) is 25.1 Å². The van der Waals surface area contributed by atoms with Crippen molar-refractivity contribution in [3.63, 3.8) is 0 Å². The van der Waals surface area contributed by atoms with Crippen molar-refractivity contribution in [2.45, 2.75) is 25.7 Å². The van der Waals surface area contributed by atoms with Crippen LogP contribution in [0.3, 0.4) is 0 Å². The maximum Gasteiger partial charge on any atom is 0.336 e. The van der Waals surface area contributed by atoms with Gasteiger partial charge in [-0.2, -0.15) is 0 Å². The smallest absolute Gasteiger partial charge is 0.336 e. The minimum atomic E-state index is -0.960. The zero-order valence-corrected chi connectivity index (χ0v) is 13.6. The number of amides is 1. The van der Waals surface area contributed by atoms with Crippen LogP contribution in [0.2, 0.25) is 0 Å². The molecule has 1 atom stereocenters. The molecule has 1 fully saturated rings. The van der Waals surface area contributed by atoms with Crippen LogP contribution >= 0.6 is 0 Å². The molecule has 1 aliphatic rings. The van der Waals surface area contributed by atoms with Crippen LogP contribution in [0.1, 0.15) is 41.7 Å². The van der Waals surface area contributed by atoms with Gasteiger partial charge in [0.05, 0.1) is 11.3 Å². The van der Waals surface area contributed by atoms with Gasteiger partial charge in [-0.1, -0.05) is 24.3 Å². The van der Waals surface area contributed by atoms with Crippen LogP contribution in [0.15, 0.2) is 42.5 Å². The van der Waals surface area contributed by atoms with E-state index < -0.39 is 5.97 Å². The third-order valence-corrected chi connectivity index (χ3v) is 4.49. The summed E-state index contributed by atoms with van der Waals surface area (Å²) in [5.74, 6) is -0.676. The topological polar surface area (TPSA) is 70.5 Å². The fraction of sp³-hybridized carbons (Fsp3) is 0.316. The van der Waals surface area contributed by atoms with Crippen molar-refractivity contribution in [3.8, 4) is 11.3 Å². The molecule has 24 heavy (non-hydrogen) atoms. The molecule has 1 aromatic heterocycles. The van der Waals surface area contributed by atoms with E-state index in [-0.39, 0.29) is 17.4 Å². The highest BCUT2D eigenvalue weighted by Gasteiger charge is 2.24. The molecular formula is C19H20N2O3. The van der Waals surface area contributed by atoms with Gasteiger partial charge >= 0.3 is 5.97 Å².